The van der Waals surface area contributed by atoms with Crippen LogP contribution in [0.25, 0.3) is 0 Å². The first-order valence-electron chi connectivity index (χ1n) is 4.75. The quantitative estimate of drug-likeness (QED) is 0.506. The second kappa shape index (κ2) is 5.15. The Balaban J connectivity index is 2.76. The summed E-state index contributed by atoms with van der Waals surface area (Å²) in [5, 5.41) is 12.5. The molecule has 18 heavy (non-hydrogen) atoms. The molecule has 100 valence electrons. The SMILES string of the molecule is Cc1cc(NCC(F)(F)C(F)F)ncc1[N+](=O)[O-]. The Kier molecular flexibility index (Phi) is 4.04. The van der Waals surface area contributed by atoms with Crippen LogP contribution in [0, 0.1) is 17.0 Å². The number of nitrogens with one attached hydrogen (secondary N) is 1. The van der Waals surface area contributed by atoms with Crippen LogP contribution in [0.3, 0.4) is 0 Å². The van der Waals surface area contributed by atoms with Crippen LogP contribution in [0.15, 0.2) is 12.3 Å². The summed E-state index contributed by atoms with van der Waals surface area (Å²) < 4.78 is 48.9. The summed E-state index contributed by atoms with van der Waals surface area (Å²) in [5.41, 5.74) is -0.0842. The van der Waals surface area contributed by atoms with E-state index in [1.807, 2.05) is 5.32 Å². The molecule has 0 amide bonds. The topological polar surface area (TPSA) is 68.1 Å². The average molecular weight is 267 g/mol. The summed E-state index contributed by atoms with van der Waals surface area (Å²) in [5.74, 6) is -4.31. The van der Waals surface area contributed by atoms with Gasteiger partial charge in [-0.05, 0) is 13.0 Å². The van der Waals surface area contributed by atoms with Crippen molar-refractivity contribution >= 4 is 11.5 Å². The largest absolute Gasteiger partial charge is 0.364 e. The van der Waals surface area contributed by atoms with Crippen LogP contribution >= 0.6 is 0 Å². The summed E-state index contributed by atoms with van der Waals surface area (Å²) in [6.45, 7) is 0.0885. The Hall–Kier alpha value is -1.93. The molecule has 1 rings (SSSR count). The zero-order valence-electron chi connectivity index (χ0n) is 9.16. The van der Waals surface area contributed by atoms with Crippen molar-refractivity contribution in [2.45, 2.75) is 19.3 Å². The Morgan fingerprint density at radius 3 is 2.61 bits per heavy atom. The smallest absolute Gasteiger partial charge is 0.324 e. The fraction of sp³-hybridized carbons (Fsp3) is 0.444. The number of aryl methyl sites for hydroxylation is 1. The van der Waals surface area contributed by atoms with Crippen molar-refractivity contribution < 1.29 is 22.5 Å². The molecule has 1 aromatic heterocycles. The average Bonchev–Trinajstić information content (AvgIpc) is 2.25. The van der Waals surface area contributed by atoms with Crippen LogP contribution in [-0.2, 0) is 0 Å². The van der Waals surface area contributed by atoms with Gasteiger partial charge in [0.15, 0.2) is 0 Å². The lowest BCUT2D eigenvalue weighted by molar-refractivity contribution is -0.385. The number of halogens is 4. The fourth-order valence-corrected chi connectivity index (χ4v) is 1.12. The van der Waals surface area contributed by atoms with Gasteiger partial charge < -0.3 is 5.32 Å². The minimum absolute atomic E-state index is 0.126. The number of anilines is 1. The van der Waals surface area contributed by atoms with E-state index in [1.54, 1.807) is 0 Å². The van der Waals surface area contributed by atoms with Crippen molar-refractivity contribution in [1.29, 1.82) is 0 Å². The van der Waals surface area contributed by atoms with E-state index < -0.39 is 23.8 Å². The predicted octanol–water partition coefficient (Wildman–Crippen LogP) is 2.61. The van der Waals surface area contributed by atoms with Crippen molar-refractivity contribution in [3.8, 4) is 0 Å². The molecule has 0 saturated heterocycles. The standard InChI is InChI=1S/C9H9F4N3O2/c1-5-2-7(14-3-6(5)16(17)18)15-4-9(12,13)8(10)11/h2-3,8H,4H2,1H3,(H,14,15). The van der Waals surface area contributed by atoms with E-state index in [-0.39, 0.29) is 17.1 Å². The number of aromatic nitrogens is 1. The van der Waals surface area contributed by atoms with Crippen LogP contribution in [0.2, 0.25) is 0 Å². The first-order valence-corrected chi connectivity index (χ1v) is 4.75. The maximum absolute atomic E-state index is 12.6. The van der Waals surface area contributed by atoms with E-state index in [9.17, 15) is 27.7 Å². The van der Waals surface area contributed by atoms with Gasteiger partial charge in [0.25, 0.3) is 5.69 Å². The molecule has 0 aliphatic carbocycles. The normalized spacial score (nSPS) is 11.7. The Morgan fingerprint density at radius 2 is 2.17 bits per heavy atom. The fourth-order valence-electron chi connectivity index (χ4n) is 1.12. The first-order chi connectivity index (χ1) is 8.24. The zero-order chi connectivity index (χ0) is 13.9. The van der Waals surface area contributed by atoms with Gasteiger partial charge in [-0.1, -0.05) is 0 Å². The van der Waals surface area contributed by atoms with Gasteiger partial charge in [-0.3, -0.25) is 10.1 Å². The van der Waals surface area contributed by atoms with Crippen LogP contribution in [0.1, 0.15) is 5.56 Å². The first kappa shape index (κ1) is 14.1. The molecule has 1 N–H and O–H groups in total. The Morgan fingerprint density at radius 1 is 1.56 bits per heavy atom. The molecule has 0 aromatic carbocycles. The van der Waals surface area contributed by atoms with Crippen molar-refractivity contribution in [3.63, 3.8) is 0 Å². The lowest BCUT2D eigenvalue weighted by atomic mass is 10.2. The van der Waals surface area contributed by atoms with Crippen molar-refractivity contribution in [3.05, 3.63) is 27.9 Å². The minimum atomic E-state index is -4.18. The number of alkyl halides is 4. The maximum Gasteiger partial charge on any atom is 0.324 e. The van der Waals surface area contributed by atoms with E-state index in [0.717, 1.165) is 12.3 Å². The molecule has 0 aliphatic heterocycles. The van der Waals surface area contributed by atoms with Crippen LogP contribution in [-0.4, -0.2) is 28.8 Å². The third-order valence-electron chi connectivity index (χ3n) is 2.10. The number of pyridine rings is 1. The van der Waals surface area contributed by atoms with Crippen molar-refractivity contribution in [1.82, 2.24) is 4.98 Å². The molecule has 0 unspecified atom stereocenters. The molecule has 1 heterocycles. The number of nitro groups is 1. The number of nitrogens with zero attached hydrogens (tertiary/aromatic N) is 2. The molecule has 0 spiro atoms. The van der Waals surface area contributed by atoms with E-state index in [2.05, 4.69) is 4.98 Å². The van der Waals surface area contributed by atoms with Gasteiger partial charge in [-0.25, -0.2) is 13.8 Å². The summed E-state index contributed by atoms with van der Waals surface area (Å²) in [7, 11) is 0. The number of hydrogen-bond acceptors (Lipinski definition) is 4. The second-order valence-electron chi connectivity index (χ2n) is 3.53. The second-order valence-corrected chi connectivity index (χ2v) is 3.53. The van der Waals surface area contributed by atoms with Crippen molar-refractivity contribution in [2.24, 2.45) is 0 Å². The molecule has 1 aromatic rings. The van der Waals surface area contributed by atoms with E-state index >= 15 is 0 Å². The summed E-state index contributed by atoms with van der Waals surface area (Å²) in [4.78, 5) is 13.3. The summed E-state index contributed by atoms with van der Waals surface area (Å²) in [6.07, 6.45) is -2.91. The third kappa shape index (κ3) is 3.28. The lowest BCUT2D eigenvalue weighted by Crippen LogP contribution is -2.35. The van der Waals surface area contributed by atoms with E-state index in [0.29, 0.717) is 0 Å². The predicted molar refractivity (Wildman–Crippen MR) is 55.1 cm³/mol. The zero-order valence-corrected chi connectivity index (χ0v) is 9.16. The molecule has 0 saturated carbocycles. The Bertz CT molecular complexity index is 453. The van der Waals surface area contributed by atoms with Gasteiger partial charge >= 0.3 is 12.3 Å². The molecule has 0 fully saturated rings. The summed E-state index contributed by atoms with van der Waals surface area (Å²) in [6, 6.07) is 1.14. The molecule has 0 bridgehead atoms. The lowest BCUT2D eigenvalue weighted by Gasteiger charge is -2.16. The highest BCUT2D eigenvalue weighted by atomic mass is 19.3. The summed E-state index contributed by atoms with van der Waals surface area (Å²) >= 11 is 0. The van der Waals surface area contributed by atoms with E-state index in [4.69, 9.17) is 0 Å². The Labute approximate surface area is 99.0 Å². The van der Waals surface area contributed by atoms with Gasteiger partial charge in [0.1, 0.15) is 12.0 Å². The van der Waals surface area contributed by atoms with Gasteiger partial charge in [0.05, 0.1) is 11.5 Å². The minimum Gasteiger partial charge on any atom is -0.364 e. The van der Waals surface area contributed by atoms with Gasteiger partial charge in [0.2, 0.25) is 0 Å². The molecule has 5 nitrogen and oxygen atoms in total. The highest BCUT2D eigenvalue weighted by molar-refractivity contribution is 5.46. The number of hydrogen-bond donors (Lipinski definition) is 1. The van der Waals surface area contributed by atoms with Gasteiger partial charge in [-0.15, -0.1) is 0 Å². The van der Waals surface area contributed by atoms with E-state index in [1.165, 1.54) is 6.92 Å². The van der Waals surface area contributed by atoms with Gasteiger partial charge in [0, 0.05) is 5.56 Å². The third-order valence-corrected chi connectivity index (χ3v) is 2.10. The van der Waals surface area contributed by atoms with Crippen LogP contribution in [0.5, 0.6) is 0 Å². The van der Waals surface area contributed by atoms with Gasteiger partial charge in [-0.2, -0.15) is 8.78 Å². The molecule has 0 radical (unpaired) electrons. The van der Waals surface area contributed by atoms with Crippen molar-refractivity contribution in [2.75, 3.05) is 11.9 Å². The van der Waals surface area contributed by atoms with Crippen LogP contribution < -0.4 is 5.32 Å². The highest BCUT2D eigenvalue weighted by Gasteiger charge is 2.40. The molecule has 9 heteroatoms. The molecular weight excluding hydrogens is 258 g/mol. The molecular formula is C9H9F4N3O2. The maximum atomic E-state index is 12.6. The number of rotatable bonds is 5. The molecule has 0 aliphatic rings. The monoisotopic (exact) mass is 267 g/mol. The van der Waals surface area contributed by atoms with Crippen LogP contribution in [0.4, 0.5) is 29.1 Å². The molecule has 0 atom stereocenters. The highest BCUT2D eigenvalue weighted by Crippen LogP contribution is 2.24.